The maximum Gasteiger partial charge on any atom is 0.490 e. The topological polar surface area (TPSA) is 129 Å². The minimum Gasteiger partial charge on any atom is -0.475 e. The van der Waals surface area contributed by atoms with Crippen LogP contribution in [-0.2, 0) is 14.3 Å². The number of nitrogens with one attached hydrogen (secondary N) is 1. The number of morpholine rings is 1. The molecule has 2 aliphatic heterocycles. The first kappa shape index (κ1) is 24.4. The number of nitrogens with zero attached hydrogens (tertiary/aromatic N) is 3. The van der Waals surface area contributed by atoms with Gasteiger partial charge in [0, 0.05) is 17.6 Å². The zero-order valence-corrected chi connectivity index (χ0v) is 17.9. The van der Waals surface area contributed by atoms with Crippen molar-refractivity contribution < 1.29 is 42.2 Å². The number of amides is 4. The van der Waals surface area contributed by atoms with Gasteiger partial charge in [-0.2, -0.15) is 13.2 Å². The summed E-state index contributed by atoms with van der Waals surface area (Å²) in [6.07, 6.45) is -5.08. The van der Waals surface area contributed by atoms with E-state index in [2.05, 4.69) is 10.3 Å². The third-order valence-corrected chi connectivity index (χ3v) is 5.31. The first-order valence-electron chi connectivity index (χ1n) is 9.02. The predicted molar refractivity (Wildman–Crippen MR) is 109 cm³/mol. The summed E-state index contributed by atoms with van der Waals surface area (Å²) >= 11 is 7.60. The van der Waals surface area contributed by atoms with Crippen LogP contribution in [0.15, 0.2) is 29.1 Å². The highest BCUT2D eigenvalue weighted by molar-refractivity contribution is 7.07. The standard InChI is InChI=1S/C16H13ClN4O4S.C2HF3O2/c17-10-5-9(19-14(22)11-7-26-8-18-11)1-2-12(10)21-15(23)13-6-25-4-3-20(13)16(21)24;3-2(4,5)1(6)7/h1-2,5,7-8,13H,3-4,6H2,(H,19,22);(H,6,7). The molecule has 1 aromatic carbocycles. The van der Waals surface area contributed by atoms with Crippen LogP contribution in [0.2, 0.25) is 5.02 Å². The minimum absolute atomic E-state index is 0.181. The van der Waals surface area contributed by atoms with E-state index in [1.165, 1.54) is 28.4 Å². The number of carboxylic acid groups (broad SMARTS) is 1. The van der Waals surface area contributed by atoms with Crippen molar-refractivity contribution >= 4 is 58.1 Å². The minimum atomic E-state index is -5.08. The molecule has 176 valence electrons. The van der Waals surface area contributed by atoms with Gasteiger partial charge in [0.15, 0.2) is 0 Å². The number of alkyl halides is 3. The Balaban J connectivity index is 0.000000383. The van der Waals surface area contributed by atoms with E-state index < -0.39 is 24.2 Å². The number of ether oxygens (including phenoxy) is 1. The molecule has 1 unspecified atom stereocenters. The number of hydrogen-bond acceptors (Lipinski definition) is 7. The monoisotopic (exact) mass is 506 g/mol. The SMILES string of the molecule is O=C(Nc1ccc(N2C(=O)C3COCCN3C2=O)c(Cl)c1)c1cscn1.O=C(O)C(F)(F)F. The molecule has 3 heterocycles. The second kappa shape index (κ2) is 9.72. The highest BCUT2D eigenvalue weighted by Crippen LogP contribution is 2.34. The van der Waals surface area contributed by atoms with Gasteiger partial charge < -0.3 is 20.1 Å². The summed E-state index contributed by atoms with van der Waals surface area (Å²) in [6.45, 7) is 0.949. The molecule has 2 fully saturated rings. The molecule has 0 saturated carbocycles. The molecule has 2 saturated heterocycles. The number of carbonyl (C=O) groups excluding carboxylic acids is 3. The van der Waals surface area contributed by atoms with Gasteiger partial charge in [-0.25, -0.2) is 19.5 Å². The average Bonchev–Trinajstić information content (AvgIpc) is 3.37. The third kappa shape index (κ3) is 5.40. The molecule has 10 nitrogen and oxygen atoms in total. The molecule has 1 atom stereocenters. The summed E-state index contributed by atoms with van der Waals surface area (Å²) < 4.78 is 37.0. The summed E-state index contributed by atoms with van der Waals surface area (Å²) in [4.78, 5) is 52.6. The molecule has 2 aliphatic rings. The Hall–Kier alpha value is -3.23. The molecule has 0 bridgehead atoms. The summed E-state index contributed by atoms with van der Waals surface area (Å²) in [5.74, 6) is -3.49. The van der Waals surface area contributed by atoms with Crippen LogP contribution < -0.4 is 10.2 Å². The van der Waals surface area contributed by atoms with E-state index in [-0.39, 0.29) is 29.1 Å². The molecule has 33 heavy (non-hydrogen) atoms. The number of urea groups is 1. The first-order chi connectivity index (χ1) is 15.5. The molecule has 2 aromatic rings. The van der Waals surface area contributed by atoms with Crippen LogP contribution in [0.1, 0.15) is 10.5 Å². The first-order valence-corrected chi connectivity index (χ1v) is 10.3. The summed E-state index contributed by atoms with van der Waals surface area (Å²) in [7, 11) is 0. The molecule has 0 aliphatic carbocycles. The maximum absolute atomic E-state index is 12.6. The van der Waals surface area contributed by atoms with E-state index >= 15 is 0 Å². The van der Waals surface area contributed by atoms with Gasteiger partial charge in [-0.3, -0.25) is 9.59 Å². The lowest BCUT2D eigenvalue weighted by molar-refractivity contribution is -0.192. The fourth-order valence-electron chi connectivity index (χ4n) is 2.92. The second-order valence-electron chi connectivity index (χ2n) is 6.54. The largest absolute Gasteiger partial charge is 0.490 e. The Kier molecular flexibility index (Phi) is 7.19. The van der Waals surface area contributed by atoms with Gasteiger partial charge in [-0.15, -0.1) is 11.3 Å². The number of fused-ring (bicyclic) bond motifs is 1. The van der Waals surface area contributed by atoms with Crippen molar-refractivity contribution in [2.24, 2.45) is 0 Å². The quantitative estimate of drug-likeness (QED) is 0.612. The molecule has 0 radical (unpaired) electrons. The highest BCUT2D eigenvalue weighted by atomic mass is 35.5. The van der Waals surface area contributed by atoms with Gasteiger partial charge in [-0.05, 0) is 18.2 Å². The molecule has 4 amide bonds. The Morgan fingerprint density at radius 1 is 1.30 bits per heavy atom. The van der Waals surface area contributed by atoms with Gasteiger partial charge >= 0.3 is 18.2 Å². The summed E-state index contributed by atoms with van der Waals surface area (Å²) in [6, 6.07) is 3.59. The van der Waals surface area contributed by atoms with Crippen LogP contribution in [0.4, 0.5) is 29.3 Å². The van der Waals surface area contributed by atoms with Gasteiger partial charge in [0.2, 0.25) is 0 Å². The number of anilines is 2. The van der Waals surface area contributed by atoms with Crippen molar-refractivity contribution in [1.82, 2.24) is 9.88 Å². The van der Waals surface area contributed by atoms with Gasteiger partial charge in [0.05, 0.1) is 29.4 Å². The molecular formula is C18H14ClF3N4O6S. The molecule has 1 aromatic heterocycles. The number of benzene rings is 1. The van der Waals surface area contributed by atoms with Crippen LogP contribution in [0, 0.1) is 0 Å². The fourth-order valence-corrected chi connectivity index (χ4v) is 3.71. The average molecular weight is 507 g/mol. The number of halogens is 4. The van der Waals surface area contributed by atoms with E-state index in [0.717, 1.165) is 4.90 Å². The van der Waals surface area contributed by atoms with Crippen molar-refractivity contribution in [3.8, 4) is 0 Å². The van der Waals surface area contributed by atoms with E-state index in [1.807, 2.05) is 0 Å². The van der Waals surface area contributed by atoms with Crippen LogP contribution in [0.25, 0.3) is 0 Å². The lowest BCUT2D eigenvalue weighted by Crippen LogP contribution is -2.45. The van der Waals surface area contributed by atoms with Crippen molar-refractivity contribution in [2.45, 2.75) is 12.2 Å². The van der Waals surface area contributed by atoms with Crippen LogP contribution >= 0.6 is 22.9 Å². The zero-order chi connectivity index (χ0) is 24.3. The van der Waals surface area contributed by atoms with Crippen molar-refractivity contribution in [2.75, 3.05) is 30.0 Å². The van der Waals surface area contributed by atoms with Crippen molar-refractivity contribution in [3.05, 3.63) is 39.8 Å². The van der Waals surface area contributed by atoms with E-state index in [9.17, 15) is 27.6 Å². The van der Waals surface area contributed by atoms with E-state index in [1.54, 1.807) is 17.0 Å². The van der Waals surface area contributed by atoms with E-state index in [0.29, 0.717) is 24.5 Å². The smallest absolute Gasteiger partial charge is 0.475 e. The Morgan fingerprint density at radius 3 is 2.55 bits per heavy atom. The van der Waals surface area contributed by atoms with Gasteiger partial charge in [0.25, 0.3) is 11.8 Å². The zero-order valence-electron chi connectivity index (χ0n) is 16.3. The van der Waals surface area contributed by atoms with Crippen molar-refractivity contribution in [3.63, 3.8) is 0 Å². The number of carbonyl (C=O) groups is 4. The number of rotatable bonds is 3. The van der Waals surface area contributed by atoms with Gasteiger partial charge in [0.1, 0.15) is 11.7 Å². The van der Waals surface area contributed by atoms with Crippen LogP contribution in [0.3, 0.4) is 0 Å². The normalized spacial score (nSPS) is 17.9. The summed E-state index contributed by atoms with van der Waals surface area (Å²) in [5, 5.41) is 11.6. The molecular weight excluding hydrogens is 493 g/mol. The highest BCUT2D eigenvalue weighted by Gasteiger charge is 2.47. The van der Waals surface area contributed by atoms with Crippen molar-refractivity contribution in [1.29, 1.82) is 0 Å². The van der Waals surface area contributed by atoms with Crippen LogP contribution in [-0.4, -0.2) is 70.8 Å². The Labute approximate surface area is 192 Å². The van der Waals surface area contributed by atoms with Crippen LogP contribution in [0.5, 0.6) is 0 Å². The number of imide groups is 1. The lowest BCUT2D eigenvalue weighted by atomic mass is 10.2. The Morgan fingerprint density at radius 2 is 2.00 bits per heavy atom. The fraction of sp³-hybridized carbons (Fsp3) is 0.278. The molecule has 4 rings (SSSR count). The number of aromatic nitrogens is 1. The number of aliphatic carboxylic acids is 1. The number of hydrogen-bond donors (Lipinski definition) is 2. The number of thiazole rings is 1. The number of carboxylic acids is 1. The summed E-state index contributed by atoms with van der Waals surface area (Å²) in [5.41, 5.74) is 2.59. The second-order valence-corrected chi connectivity index (χ2v) is 7.66. The van der Waals surface area contributed by atoms with E-state index in [4.69, 9.17) is 26.2 Å². The third-order valence-electron chi connectivity index (χ3n) is 4.42. The molecule has 15 heteroatoms. The Bertz CT molecular complexity index is 1060. The molecule has 2 N–H and O–H groups in total. The lowest BCUT2D eigenvalue weighted by Gasteiger charge is -2.26. The van der Waals surface area contributed by atoms with Gasteiger partial charge in [-0.1, -0.05) is 11.6 Å². The molecule has 0 spiro atoms. The predicted octanol–water partition coefficient (Wildman–Crippen LogP) is 2.85. The maximum atomic E-state index is 12.6.